The van der Waals surface area contributed by atoms with Gasteiger partial charge in [0.15, 0.2) is 0 Å². The number of benzene rings is 3. The number of aryl methyl sites for hydroxylation is 1. The number of thiazole rings is 1. The normalized spacial score (nSPS) is 10.8. The van der Waals surface area contributed by atoms with E-state index in [2.05, 4.69) is 29.4 Å². The standard InChI is InChI=1S/C21H15ClN2OS/c1-13-6-11-18-19(12-13)26-21(24-18)14-7-9-15(10-8-14)23-20(25)16-4-2-3-5-17(16)22/h2-12H,1H3,(H,23,25). The van der Waals surface area contributed by atoms with Crippen molar-refractivity contribution < 1.29 is 4.79 Å². The Hall–Kier alpha value is -2.69. The molecule has 0 spiro atoms. The van der Waals surface area contributed by atoms with E-state index in [4.69, 9.17) is 11.6 Å². The van der Waals surface area contributed by atoms with Gasteiger partial charge < -0.3 is 5.32 Å². The molecular weight excluding hydrogens is 364 g/mol. The average molecular weight is 379 g/mol. The predicted molar refractivity (Wildman–Crippen MR) is 109 cm³/mol. The topological polar surface area (TPSA) is 42.0 Å². The van der Waals surface area contributed by atoms with Crippen LogP contribution in [-0.4, -0.2) is 10.9 Å². The first kappa shape index (κ1) is 16.8. The zero-order valence-electron chi connectivity index (χ0n) is 14.0. The highest BCUT2D eigenvalue weighted by atomic mass is 35.5. The van der Waals surface area contributed by atoms with Crippen molar-refractivity contribution in [3.8, 4) is 10.6 Å². The molecule has 1 N–H and O–H groups in total. The van der Waals surface area contributed by atoms with Crippen LogP contribution in [0.1, 0.15) is 15.9 Å². The van der Waals surface area contributed by atoms with Crippen molar-refractivity contribution in [1.82, 2.24) is 4.98 Å². The molecule has 3 aromatic carbocycles. The molecule has 1 aromatic heterocycles. The van der Waals surface area contributed by atoms with Crippen LogP contribution in [0.5, 0.6) is 0 Å². The predicted octanol–water partition coefficient (Wildman–Crippen LogP) is 6.18. The summed E-state index contributed by atoms with van der Waals surface area (Å²) in [7, 11) is 0. The minimum absolute atomic E-state index is 0.223. The summed E-state index contributed by atoms with van der Waals surface area (Å²) in [6, 6.07) is 20.9. The van der Waals surface area contributed by atoms with E-state index < -0.39 is 0 Å². The number of carbonyl (C=O) groups is 1. The van der Waals surface area contributed by atoms with Crippen LogP contribution < -0.4 is 5.32 Å². The van der Waals surface area contributed by atoms with E-state index in [1.165, 1.54) is 10.3 Å². The second-order valence-corrected chi connectivity index (χ2v) is 7.44. The van der Waals surface area contributed by atoms with Crippen LogP contribution in [0.2, 0.25) is 5.02 Å². The third-order valence-electron chi connectivity index (χ3n) is 4.05. The van der Waals surface area contributed by atoms with Crippen molar-refractivity contribution in [2.75, 3.05) is 5.32 Å². The summed E-state index contributed by atoms with van der Waals surface area (Å²) in [4.78, 5) is 17.0. The van der Waals surface area contributed by atoms with Crippen LogP contribution in [0.25, 0.3) is 20.8 Å². The summed E-state index contributed by atoms with van der Waals surface area (Å²) in [6.45, 7) is 2.08. The van der Waals surface area contributed by atoms with Gasteiger partial charge in [0.2, 0.25) is 0 Å². The molecule has 0 saturated carbocycles. The zero-order valence-corrected chi connectivity index (χ0v) is 15.6. The molecule has 128 valence electrons. The lowest BCUT2D eigenvalue weighted by Gasteiger charge is -2.07. The smallest absolute Gasteiger partial charge is 0.257 e. The molecule has 5 heteroatoms. The minimum Gasteiger partial charge on any atom is -0.322 e. The van der Waals surface area contributed by atoms with E-state index >= 15 is 0 Å². The maximum atomic E-state index is 12.3. The van der Waals surface area contributed by atoms with E-state index in [9.17, 15) is 4.79 Å². The molecule has 26 heavy (non-hydrogen) atoms. The van der Waals surface area contributed by atoms with Gasteiger partial charge in [-0.2, -0.15) is 0 Å². The van der Waals surface area contributed by atoms with Crippen LogP contribution in [0, 0.1) is 6.92 Å². The number of fused-ring (bicyclic) bond motifs is 1. The van der Waals surface area contributed by atoms with E-state index in [-0.39, 0.29) is 5.91 Å². The molecular formula is C21H15ClN2OS. The Morgan fingerprint density at radius 3 is 2.58 bits per heavy atom. The first-order valence-corrected chi connectivity index (χ1v) is 9.33. The SMILES string of the molecule is Cc1ccc2nc(-c3ccc(NC(=O)c4ccccc4Cl)cc3)sc2c1. The van der Waals surface area contributed by atoms with Gasteiger partial charge >= 0.3 is 0 Å². The first-order chi connectivity index (χ1) is 12.6. The average Bonchev–Trinajstić information content (AvgIpc) is 3.05. The summed E-state index contributed by atoms with van der Waals surface area (Å²) in [6.07, 6.45) is 0. The Morgan fingerprint density at radius 2 is 1.81 bits per heavy atom. The van der Waals surface area contributed by atoms with Gasteiger partial charge in [-0.05, 0) is 61.0 Å². The molecule has 0 fully saturated rings. The summed E-state index contributed by atoms with van der Waals surface area (Å²) >= 11 is 7.74. The maximum absolute atomic E-state index is 12.3. The molecule has 1 heterocycles. The summed E-state index contributed by atoms with van der Waals surface area (Å²) in [5.41, 5.74) is 4.44. The molecule has 0 aliphatic heterocycles. The monoisotopic (exact) mass is 378 g/mol. The number of amides is 1. The molecule has 4 rings (SSSR count). The molecule has 0 unspecified atom stereocenters. The molecule has 0 aliphatic carbocycles. The van der Waals surface area contributed by atoms with Crippen LogP contribution in [0.4, 0.5) is 5.69 Å². The van der Waals surface area contributed by atoms with Crippen molar-refractivity contribution >= 4 is 44.7 Å². The van der Waals surface area contributed by atoms with E-state index in [1.807, 2.05) is 30.3 Å². The number of carbonyl (C=O) groups excluding carboxylic acids is 1. The second kappa shape index (κ2) is 6.90. The lowest BCUT2D eigenvalue weighted by molar-refractivity contribution is 0.102. The fraction of sp³-hybridized carbons (Fsp3) is 0.0476. The number of hydrogen-bond acceptors (Lipinski definition) is 3. The van der Waals surface area contributed by atoms with Gasteiger partial charge in [-0.3, -0.25) is 4.79 Å². The largest absolute Gasteiger partial charge is 0.322 e. The van der Waals surface area contributed by atoms with Gasteiger partial charge in [0.05, 0.1) is 20.8 Å². The van der Waals surface area contributed by atoms with Gasteiger partial charge in [-0.15, -0.1) is 11.3 Å². The highest BCUT2D eigenvalue weighted by molar-refractivity contribution is 7.21. The Kier molecular flexibility index (Phi) is 4.45. The van der Waals surface area contributed by atoms with Crippen molar-refractivity contribution in [1.29, 1.82) is 0 Å². The van der Waals surface area contributed by atoms with E-state index in [0.717, 1.165) is 21.8 Å². The van der Waals surface area contributed by atoms with Crippen LogP contribution >= 0.6 is 22.9 Å². The van der Waals surface area contributed by atoms with Crippen molar-refractivity contribution in [3.05, 3.63) is 82.9 Å². The number of hydrogen-bond donors (Lipinski definition) is 1. The zero-order chi connectivity index (χ0) is 18.1. The first-order valence-electron chi connectivity index (χ1n) is 8.14. The molecule has 3 nitrogen and oxygen atoms in total. The number of halogens is 1. The molecule has 0 radical (unpaired) electrons. The molecule has 0 atom stereocenters. The third-order valence-corrected chi connectivity index (χ3v) is 5.45. The van der Waals surface area contributed by atoms with Crippen molar-refractivity contribution in [3.63, 3.8) is 0 Å². The number of anilines is 1. The van der Waals surface area contributed by atoms with Gasteiger partial charge in [0.25, 0.3) is 5.91 Å². The van der Waals surface area contributed by atoms with Gasteiger partial charge in [-0.25, -0.2) is 4.98 Å². The fourth-order valence-corrected chi connectivity index (χ4v) is 3.99. The van der Waals surface area contributed by atoms with Gasteiger partial charge in [0, 0.05) is 11.3 Å². The fourth-order valence-electron chi connectivity index (χ4n) is 2.70. The molecule has 1 amide bonds. The minimum atomic E-state index is -0.223. The summed E-state index contributed by atoms with van der Waals surface area (Å²) in [5.74, 6) is -0.223. The van der Waals surface area contributed by atoms with E-state index in [0.29, 0.717) is 10.6 Å². The lowest BCUT2D eigenvalue weighted by Crippen LogP contribution is -2.12. The Labute approximate surface area is 160 Å². The van der Waals surface area contributed by atoms with E-state index in [1.54, 1.807) is 35.6 Å². The number of nitrogens with zero attached hydrogens (tertiary/aromatic N) is 1. The Bertz CT molecular complexity index is 1100. The molecule has 0 aliphatic rings. The van der Waals surface area contributed by atoms with Gasteiger partial charge in [0.1, 0.15) is 5.01 Å². The molecule has 4 aromatic rings. The maximum Gasteiger partial charge on any atom is 0.257 e. The van der Waals surface area contributed by atoms with Crippen LogP contribution in [0.15, 0.2) is 66.7 Å². The van der Waals surface area contributed by atoms with Crippen molar-refractivity contribution in [2.45, 2.75) is 6.92 Å². The Morgan fingerprint density at radius 1 is 1.04 bits per heavy atom. The number of nitrogens with one attached hydrogen (secondary N) is 1. The van der Waals surface area contributed by atoms with Crippen molar-refractivity contribution in [2.24, 2.45) is 0 Å². The van der Waals surface area contributed by atoms with Gasteiger partial charge in [-0.1, -0.05) is 29.8 Å². The quantitative estimate of drug-likeness (QED) is 0.462. The second-order valence-electron chi connectivity index (χ2n) is 6.00. The van der Waals surface area contributed by atoms with Crippen LogP contribution in [0.3, 0.4) is 0 Å². The summed E-state index contributed by atoms with van der Waals surface area (Å²) < 4.78 is 1.18. The highest BCUT2D eigenvalue weighted by Gasteiger charge is 2.11. The summed E-state index contributed by atoms with van der Waals surface area (Å²) in [5, 5.41) is 4.28. The lowest BCUT2D eigenvalue weighted by atomic mass is 10.2. The van der Waals surface area contributed by atoms with Crippen LogP contribution in [-0.2, 0) is 0 Å². The molecule has 0 saturated heterocycles. The number of rotatable bonds is 3. The molecule has 0 bridgehead atoms. The highest BCUT2D eigenvalue weighted by Crippen LogP contribution is 2.31. The third kappa shape index (κ3) is 3.34. The Balaban J connectivity index is 1.56. The number of aromatic nitrogens is 1.